The van der Waals surface area contributed by atoms with Crippen molar-refractivity contribution in [2.45, 2.75) is 11.8 Å². The number of nitrogens with zero attached hydrogens (tertiary/aromatic N) is 1. The molecule has 1 aromatic rings. The second kappa shape index (κ2) is 5.76. The molecule has 0 aromatic heterocycles. The highest BCUT2D eigenvalue weighted by Crippen LogP contribution is 2.28. The lowest BCUT2D eigenvalue weighted by Gasteiger charge is -2.07. The van der Waals surface area contributed by atoms with E-state index >= 15 is 0 Å². The molecule has 0 aliphatic rings. The summed E-state index contributed by atoms with van der Waals surface area (Å²) in [4.78, 5) is 15.9. The van der Waals surface area contributed by atoms with Crippen LogP contribution in [0.5, 0.6) is 5.75 Å². The van der Waals surface area contributed by atoms with Crippen LogP contribution in [0, 0.1) is 10.1 Å². The van der Waals surface area contributed by atoms with Gasteiger partial charge >= 0.3 is 0 Å². The quantitative estimate of drug-likeness (QED) is 0.609. The standard InChI is InChI=1S/C9H12N2O6S/c1-3-17-10-18(14,15)9-5-4-7(16-2)6-8(9)11(12)13/h4-6,10H,3H2,1-2H3. The number of hydrogen-bond donors (Lipinski definition) is 1. The third kappa shape index (κ3) is 3.15. The van der Waals surface area contributed by atoms with E-state index in [-0.39, 0.29) is 12.4 Å². The van der Waals surface area contributed by atoms with Crippen molar-refractivity contribution in [1.29, 1.82) is 0 Å². The van der Waals surface area contributed by atoms with E-state index in [1.165, 1.54) is 13.2 Å². The molecule has 0 atom stereocenters. The minimum Gasteiger partial charge on any atom is -0.497 e. The number of ether oxygens (including phenoxy) is 1. The van der Waals surface area contributed by atoms with Crippen LogP contribution in [0.15, 0.2) is 23.1 Å². The first-order chi connectivity index (χ1) is 8.42. The number of nitrogens with one attached hydrogen (secondary N) is 1. The number of rotatable bonds is 6. The molecular formula is C9H12N2O6S. The Labute approximate surface area is 104 Å². The van der Waals surface area contributed by atoms with Crippen molar-refractivity contribution in [1.82, 2.24) is 4.89 Å². The highest BCUT2D eigenvalue weighted by atomic mass is 32.2. The van der Waals surface area contributed by atoms with Crippen LogP contribution in [-0.4, -0.2) is 27.1 Å². The second-order valence-corrected chi connectivity index (χ2v) is 4.72. The molecule has 0 saturated carbocycles. The summed E-state index contributed by atoms with van der Waals surface area (Å²) in [6.45, 7) is 1.67. The third-order valence-corrected chi connectivity index (χ3v) is 3.23. The van der Waals surface area contributed by atoms with Gasteiger partial charge in [-0.15, -0.1) is 0 Å². The average molecular weight is 276 g/mol. The van der Waals surface area contributed by atoms with Gasteiger partial charge in [0.15, 0.2) is 4.90 Å². The fourth-order valence-electron chi connectivity index (χ4n) is 1.18. The molecule has 0 aliphatic carbocycles. The molecule has 0 amide bonds. The van der Waals surface area contributed by atoms with E-state index in [9.17, 15) is 18.5 Å². The van der Waals surface area contributed by atoms with Crippen molar-refractivity contribution >= 4 is 15.7 Å². The number of sulfonamides is 1. The van der Waals surface area contributed by atoms with E-state index in [1.54, 1.807) is 11.8 Å². The highest BCUT2D eigenvalue weighted by Gasteiger charge is 2.26. The molecule has 0 spiro atoms. The minimum absolute atomic E-state index is 0.100. The summed E-state index contributed by atoms with van der Waals surface area (Å²) in [6.07, 6.45) is 0. The van der Waals surface area contributed by atoms with Gasteiger partial charge in [-0.2, -0.15) is 0 Å². The average Bonchev–Trinajstić information content (AvgIpc) is 2.35. The Hall–Kier alpha value is -1.71. The van der Waals surface area contributed by atoms with Gasteiger partial charge < -0.3 is 4.74 Å². The van der Waals surface area contributed by atoms with Crippen molar-refractivity contribution in [2.24, 2.45) is 0 Å². The molecule has 8 nitrogen and oxygen atoms in total. The van der Waals surface area contributed by atoms with Gasteiger partial charge in [0.2, 0.25) is 0 Å². The zero-order valence-electron chi connectivity index (χ0n) is 9.74. The molecule has 0 unspecified atom stereocenters. The molecule has 1 aromatic carbocycles. The van der Waals surface area contributed by atoms with Crippen LogP contribution in [0.3, 0.4) is 0 Å². The number of nitro benzene ring substituents is 1. The molecule has 0 fully saturated rings. The topological polar surface area (TPSA) is 108 Å². The highest BCUT2D eigenvalue weighted by molar-refractivity contribution is 7.89. The smallest absolute Gasteiger partial charge is 0.293 e. The first-order valence-corrected chi connectivity index (χ1v) is 6.36. The lowest BCUT2D eigenvalue weighted by Crippen LogP contribution is -2.24. The maximum Gasteiger partial charge on any atom is 0.293 e. The monoisotopic (exact) mass is 276 g/mol. The predicted octanol–water partition coefficient (Wildman–Crippen LogP) is 0.833. The van der Waals surface area contributed by atoms with Crippen LogP contribution in [0.25, 0.3) is 0 Å². The van der Waals surface area contributed by atoms with E-state index in [1.807, 2.05) is 0 Å². The molecule has 1 N–H and O–H groups in total. The van der Waals surface area contributed by atoms with Gasteiger partial charge in [0.25, 0.3) is 15.7 Å². The van der Waals surface area contributed by atoms with Gasteiger partial charge in [0.1, 0.15) is 5.75 Å². The number of nitro groups is 1. The van der Waals surface area contributed by atoms with Crippen molar-refractivity contribution in [3.63, 3.8) is 0 Å². The normalized spacial score (nSPS) is 11.2. The predicted molar refractivity (Wildman–Crippen MR) is 61.6 cm³/mol. The van der Waals surface area contributed by atoms with Crippen LogP contribution < -0.4 is 9.62 Å². The van der Waals surface area contributed by atoms with E-state index in [2.05, 4.69) is 4.84 Å². The summed E-state index contributed by atoms with van der Waals surface area (Å²) in [5, 5.41) is 10.8. The summed E-state index contributed by atoms with van der Waals surface area (Å²) in [5.41, 5.74) is -0.582. The van der Waals surface area contributed by atoms with E-state index in [4.69, 9.17) is 4.74 Å². The van der Waals surface area contributed by atoms with Gasteiger partial charge in [-0.05, 0) is 19.1 Å². The SMILES string of the molecule is CCONS(=O)(=O)c1ccc(OC)cc1[N+](=O)[O-]. The Balaban J connectivity index is 3.27. The molecule has 0 heterocycles. The zero-order chi connectivity index (χ0) is 13.8. The Morgan fingerprint density at radius 1 is 1.44 bits per heavy atom. The number of benzene rings is 1. The summed E-state index contributed by atoms with van der Waals surface area (Å²) in [7, 11) is -2.77. The molecule has 0 radical (unpaired) electrons. The van der Waals surface area contributed by atoms with Crippen LogP contribution in [0.4, 0.5) is 5.69 Å². The molecule has 9 heteroatoms. The minimum atomic E-state index is -4.09. The van der Waals surface area contributed by atoms with Gasteiger partial charge in [-0.25, -0.2) is 8.42 Å². The second-order valence-electron chi connectivity index (χ2n) is 3.11. The lowest BCUT2D eigenvalue weighted by atomic mass is 10.3. The summed E-state index contributed by atoms with van der Waals surface area (Å²) >= 11 is 0. The summed E-state index contributed by atoms with van der Waals surface area (Å²) in [6, 6.07) is 3.42. The van der Waals surface area contributed by atoms with Gasteiger partial charge in [0, 0.05) is 0 Å². The zero-order valence-corrected chi connectivity index (χ0v) is 10.6. The Kier molecular flexibility index (Phi) is 4.59. The van der Waals surface area contributed by atoms with Crippen molar-refractivity contribution in [3.05, 3.63) is 28.3 Å². The summed E-state index contributed by atoms with van der Waals surface area (Å²) < 4.78 is 28.3. The maximum absolute atomic E-state index is 11.7. The Morgan fingerprint density at radius 2 is 2.11 bits per heavy atom. The number of hydrogen-bond acceptors (Lipinski definition) is 6. The molecular weight excluding hydrogens is 264 g/mol. The maximum atomic E-state index is 11.7. The van der Waals surface area contributed by atoms with Gasteiger partial charge in [-0.1, -0.05) is 4.89 Å². The molecule has 18 heavy (non-hydrogen) atoms. The molecule has 0 bridgehead atoms. The van der Waals surface area contributed by atoms with Crippen LogP contribution >= 0.6 is 0 Å². The van der Waals surface area contributed by atoms with Gasteiger partial charge in [-0.3, -0.25) is 15.0 Å². The Bertz CT molecular complexity index is 542. The van der Waals surface area contributed by atoms with Gasteiger partial charge in [0.05, 0.1) is 24.7 Å². The van der Waals surface area contributed by atoms with Crippen molar-refractivity contribution in [2.75, 3.05) is 13.7 Å². The third-order valence-electron chi connectivity index (χ3n) is 1.97. The molecule has 0 saturated heterocycles. The lowest BCUT2D eigenvalue weighted by molar-refractivity contribution is -0.387. The van der Waals surface area contributed by atoms with E-state index in [0.29, 0.717) is 0 Å². The largest absolute Gasteiger partial charge is 0.497 e. The molecule has 0 aliphatic heterocycles. The van der Waals surface area contributed by atoms with Crippen molar-refractivity contribution in [3.8, 4) is 5.75 Å². The fourth-order valence-corrected chi connectivity index (χ4v) is 2.19. The van der Waals surface area contributed by atoms with E-state index < -0.39 is 25.5 Å². The van der Waals surface area contributed by atoms with E-state index in [0.717, 1.165) is 12.1 Å². The molecule has 100 valence electrons. The molecule has 1 rings (SSSR count). The first kappa shape index (κ1) is 14.4. The Morgan fingerprint density at radius 3 is 2.61 bits per heavy atom. The van der Waals surface area contributed by atoms with Crippen LogP contribution in [-0.2, 0) is 14.9 Å². The first-order valence-electron chi connectivity index (χ1n) is 4.88. The van der Waals surface area contributed by atoms with Crippen molar-refractivity contribution < 1.29 is 22.9 Å². The van der Waals surface area contributed by atoms with Crippen LogP contribution in [0.2, 0.25) is 0 Å². The fraction of sp³-hybridized carbons (Fsp3) is 0.333. The van der Waals surface area contributed by atoms with Crippen LogP contribution in [0.1, 0.15) is 6.92 Å². The number of methoxy groups -OCH3 is 1. The summed E-state index contributed by atoms with van der Waals surface area (Å²) in [5.74, 6) is 0.192.